The first-order valence-electron chi connectivity index (χ1n) is 5.97. The van der Waals surface area contributed by atoms with Gasteiger partial charge in [-0.05, 0) is 41.0 Å². The van der Waals surface area contributed by atoms with Crippen LogP contribution in [0, 0.1) is 0 Å². The van der Waals surface area contributed by atoms with Gasteiger partial charge in [-0.15, -0.1) is 0 Å². The number of nitrogens with zero attached hydrogens (tertiary/aromatic N) is 2. The fourth-order valence-corrected chi connectivity index (χ4v) is 2.34. The monoisotopic (exact) mass is 228 g/mol. The number of hydrogen-bond acceptors (Lipinski definition) is 3. The van der Waals surface area contributed by atoms with Crippen molar-refractivity contribution in [2.75, 3.05) is 6.54 Å². The van der Waals surface area contributed by atoms with Crippen molar-refractivity contribution in [3.63, 3.8) is 0 Å². The van der Waals surface area contributed by atoms with Crippen LogP contribution in [0.1, 0.15) is 48.0 Å². The third-order valence-electron chi connectivity index (χ3n) is 3.63. The second kappa shape index (κ2) is 4.00. The topological polar surface area (TPSA) is 43.8 Å². The van der Waals surface area contributed by atoms with Crippen LogP contribution < -0.4 is 0 Å². The molecule has 0 aromatic rings. The van der Waals surface area contributed by atoms with Gasteiger partial charge in [0, 0.05) is 12.6 Å². The summed E-state index contributed by atoms with van der Waals surface area (Å²) in [5.74, 6) is 0.0202. The van der Waals surface area contributed by atoms with E-state index in [1.807, 2.05) is 46.4 Å². The molecule has 1 saturated heterocycles. The van der Waals surface area contributed by atoms with Crippen LogP contribution in [0.25, 0.3) is 0 Å². The van der Waals surface area contributed by atoms with E-state index in [0.29, 0.717) is 13.0 Å². The highest BCUT2D eigenvalue weighted by Crippen LogP contribution is 2.34. The fourth-order valence-electron chi connectivity index (χ4n) is 2.34. The Morgan fingerprint density at radius 1 is 1.38 bits per heavy atom. The molecular weight excluding hydrogens is 204 g/mol. The van der Waals surface area contributed by atoms with Gasteiger partial charge in [0.25, 0.3) is 0 Å². The molecule has 1 amide bonds. The highest BCUT2D eigenvalue weighted by Gasteiger charge is 2.52. The Morgan fingerprint density at radius 2 is 1.88 bits per heavy atom. The maximum atomic E-state index is 12.3. The van der Waals surface area contributed by atoms with Gasteiger partial charge in [-0.3, -0.25) is 4.79 Å². The third-order valence-corrected chi connectivity index (χ3v) is 3.63. The number of rotatable bonds is 2. The lowest BCUT2D eigenvalue weighted by atomic mass is 9.85. The van der Waals surface area contributed by atoms with Gasteiger partial charge in [-0.1, -0.05) is 6.92 Å². The molecule has 0 bridgehead atoms. The highest BCUT2D eigenvalue weighted by atomic mass is 16.5. The number of hydrogen-bond donors (Lipinski definition) is 1. The van der Waals surface area contributed by atoms with E-state index in [1.54, 1.807) is 0 Å². The Morgan fingerprint density at radius 3 is 2.25 bits per heavy atom. The molecule has 1 rings (SSSR count). The van der Waals surface area contributed by atoms with Crippen LogP contribution in [0.3, 0.4) is 0 Å². The van der Waals surface area contributed by atoms with Crippen molar-refractivity contribution in [3.05, 3.63) is 0 Å². The van der Waals surface area contributed by atoms with Crippen LogP contribution >= 0.6 is 0 Å². The lowest BCUT2D eigenvalue weighted by Crippen LogP contribution is -2.71. The molecule has 1 atom stereocenters. The molecule has 1 aliphatic rings. The van der Waals surface area contributed by atoms with Gasteiger partial charge in [0.2, 0.25) is 5.91 Å². The first kappa shape index (κ1) is 13.5. The van der Waals surface area contributed by atoms with Crippen LogP contribution in [0.5, 0.6) is 0 Å². The Bertz CT molecular complexity index is 289. The summed E-state index contributed by atoms with van der Waals surface area (Å²) in [5.41, 5.74) is -1.20. The van der Waals surface area contributed by atoms with Gasteiger partial charge in [-0.25, -0.2) is 0 Å². The Labute approximate surface area is 98.2 Å². The summed E-state index contributed by atoms with van der Waals surface area (Å²) < 4.78 is 0. The van der Waals surface area contributed by atoms with E-state index >= 15 is 0 Å². The van der Waals surface area contributed by atoms with Crippen molar-refractivity contribution in [2.24, 2.45) is 0 Å². The summed E-state index contributed by atoms with van der Waals surface area (Å²) in [6.45, 7) is 12.3. The van der Waals surface area contributed by atoms with Crippen LogP contribution in [0.4, 0.5) is 0 Å². The molecule has 1 N–H and O–H groups in total. The summed E-state index contributed by atoms with van der Waals surface area (Å²) in [6, 6.07) is 0.173. The molecule has 4 heteroatoms. The molecule has 1 unspecified atom stereocenters. The van der Waals surface area contributed by atoms with Crippen LogP contribution in [0.15, 0.2) is 0 Å². The molecule has 1 aliphatic heterocycles. The SMILES string of the molecule is CCC1(C)C(=O)N(C(C)C)CC(C)(C)N1O. The lowest BCUT2D eigenvalue weighted by Gasteiger charge is -2.53. The van der Waals surface area contributed by atoms with Gasteiger partial charge in [0.1, 0.15) is 5.54 Å². The second-order valence-electron chi connectivity index (χ2n) is 5.78. The molecule has 0 aromatic carbocycles. The summed E-state index contributed by atoms with van der Waals surface area (Å²) in [4.78, 5) is 14.2. The van der Waals surface area contributed by atoms with Gasteiger partial charge >= 0.3 is 0 Å². The van der Waals surface area contributed by atoms with Crippen molar-refractivity contribution >= 4 is 5.91 Å². The van der Waals surface area contributed by atoms with Crippen molar-refractivity contribution in [1.82, 2.24) is 9.96 Å². The predicted molar refractivity (Wildman–Crippen MR) is 63.2 cm³/mol. The van der Waals surface area contributed by atoms with E-state index in [9.17, 15) is 10.0 Å². The van der Waals surface area contributed by atoms with Gasteiger partial charge in [-0.2, -0.15) is 5.06 Å². The highest BCUT2D eigenvalue weighted by molar-refractivity contribution is 5.87. The molecule has 0 aliphatic carbocycles. The first-order chi connectivity index (χ1) is 7.16. The zero-order valence-electron chi connectivity index (χ0n) is 11.2. The van der Waals surface area contributed by atoms with Crippen LogP contribution in [0.2, 0.25) is 0 Å². The maximum absolute atomic E-state index is 12.3. The minimum atomic E-state index is -0.800. The van der Waals surface area contributed by atoms with E-state index in [0.717, 1.165) is 0 Å². The van der Waals surface area contributed by atoms with Crippen molar-refractivity contribution in [3.8, 4) is 0 Å². The number of carbonyl (C=O) groups is 1. The average Bonchev–Trinajstić information content (AvgIpc) is 2.20. The fraction of sp³-hybridized carbons (Fsp3) is 0.917. The molecule has 0 spiro atoms. The molecule has 0 aromatic heterocycles. The summed E-state index contributed by atoms with van der Waals surface area (Å²) in [5, 5.41) is 11.4. The van der Waals surface area contributed by atoms with Crippen LogP contribution in [-0.4, -0.2) is 44.7 Å². The Kier molecular flexibility index (Phi) is 3.37. The zero-order valence-corrected chi connectivity index (χ0v) is 11.2. The van der Waals surface area contributed by atoms with E-state index < -0.39 is 11.1 Å². The first-order valence-corrected chi connectivity index (χ1v) is 5.97. The summed E-state index contributed by atoms with van der Waals surface area (Å²) in [6.07, 6.45) is 0.606. The number of hydroxylamine groups is 2. The number of piperazine rings is 1. The minimum Gasteiger partial charge on any atom is -0.337 e. The lowest BCUT2D eigenvalue weighted by molar-refractivity contribution is -0.253. The van der Waals surface area contributed by atoms with Gasteiger partial charge < -0.3 is 10.1 Å². The zero-order chi connectivity index (χ0) is 12.7. The maximum Gasteiger partial charge on any atom is 0.245 e. The Hall–Kier alpha value is -0.610. The summed E-state index contributed by atoms with van der Waals surface area (Å²) >= 11 is 0. The normalized spacial score (nSPS) is 31.2. The van der Waals surface area contributed by atoms with E-state index in [2.05, 4.69) is 0 Å². The van der Waals surface area contributed by atoms with Crippen LogP contribution in [-0.2, 0) is 4.79 Å². The van der Waals surface area contributed by atoms with E-state index in [4.69, 9.17) is 0 Å². The van der Waals surface area contributed by atoms with Crippen molar-refractivity contribution in [2.45, 2.75) is 65.1 Å². The number of carbonyl (C=O) groups excluding carboxylic acids is 1. The largest absolute Gasteiger partial charge is 0.337 e. The standard InChI is InChI=1S/C12H24N2O2/c1-7-12(6)10(15)13(9(2)3)8-11(4,5)14(12)16/h9,16H,7-8H2,1-6H3. The molecule has 0 saturated carbocycles. The second-order valence-corrected chi connectivity index (χ2v) is 5.78. The van der Waals surface area contributed by atoms with E-state index in [-0.39, 0.29) is 11.9 Å². The van der Waals surface area contributed by atoms with Crippen molar-refractivity contribution < 1.29 is 10.0 Å². The third kappa shape index (κ3) is 1.84. The Balaban J connectivity index is 3.14. The molecule has 94 valence electrons. The quantitative estimate of drug-likeness (QED) is 0.784. The van der Waals surface area contributed by atoms with Crippen molar-refractivity contribution in [1.29, 1.82) is 0 Å². The average molecular weight is 228 g/mol. The molecule has 0 radical (unpaired) electrons. The van der Waals surface area contributed by atoms with Gasteiger partial charge in [0.05, 0.1) is 5.54 Å². The minimum absolute atomic E-state index is 0.0202. The molecular formula is C12H24N2O2. The molecule has 1 heterocycles. The number of amides is 1. The van der Waals surface area contributed by atoms with Gasteiger partial charge in [0.15, 0.2) is 0 Å². The molecule has 4 nitrogen and oxygen atoms in total. The summed E-state index contributed by atoms with van der Waals surface area (Å²) in [7, 11) is 0. The predicted octanol–water partition coefficient (Wildman–Crippen LogP) is 1.88. The molecule has 16 heavy (non-hydrogen) atoms. The van der Waals surface area contributed by atoms with E-state index in [1.165, 1.54) is 5.06 Å². The molecule has 1 fully saturated rings. The smallest absolute Gasteiger partial charge is 0.245 e.